The van der Waals surface area contributed by atoms with Crippen LogP contribution in [0.2, 0.25) is 10.0 Å². The summed E-state index contributed by atoms with van der Waals surface area (Å²) in [6.45, 7) is 11.7. The maximum atomic E-state index is 12.8. The minimum Gasteiger partial charge on any atom is -0.381 e. The zero-order valence-corrected chi connectivity index (χ0v) is 24.1. The molecular weight excluding hydrogens is 570 g/mol. The topological polar surface area (TPSA) is 129 Å². The van der Waals surface area contributed by atoms with Gasteiger partial charge in [0.2, 0.25) is 5.82 Å². The lowest BCUT2D eigenvalue weighted by Crippen LogP contribution is -2.36. The van der Waals surface area contributed by atoms with Gasteiger partial charge in [0.15, 0.2) is 0 Å². The van der Waals surface area contributed by atoms with Crippen LogP contribution in [0.5, 0.6) is 0 Å². The van der Waals surface area contributed by atoms with Crippen molar-refractivity contribution in [2.45, 2.75) is 26.7 Å². The molecule has 0 radical (unpaired) electrons. The van der Waals surface area contributed by atoms with Crippen molar-refractivity contribution in [3.8, 4) is 0 Å². The molecule has 2 aromatic carbocycles. The van der Waals surface area contributed by atoms with Crippen LogP contribution in [0.3, 0.4) is 0 Å². The number of rotatable bonds is 3. The molecule has 3 saturated heterocycles. The smallest absolute Gasteiger partial charge is 0.305 e. The maximum Gasteiger partial charge on any atom is 0.305 e. The van der Waals surface area contributed by atoms with Gasteiger partial charge in [0.1, 0.15) is 5.69 Å². The van der Waals surface area contributed by atoms with Crippen molar-refractivity contribution >= 4 is 40.3 Å². The van der Waals surface area contributed by atoms with Crippen molar-refractivity contribution in [3.63, 3.8) is 0 Å². The molecule has 1 N–H and O–H groups in total. The van der Waals surface area contributed by atoms with Crippen LogP contribution in [0.25, 0.3) is 0 Å². The molecule has 2 aromatic rings. The lowest BCUT2D eigenvalue weighted by atomic mass is 10.1. The summed E-state index contributed by atoms with van der Waals surface area (Å²) in [5.74, 6) is -0.907. The first-order valence-electron chi connectivity index (χ1n) is 12.8. The standard InChI is InChI=1S/C11H13ClN2O3.C7H5ClFNO2.C4H9NO.C4H8O/c1-8-6-11(14(15)16)10(7-9(8)12)13-2-4-17-5-3-13;1-4-2-7(10(11)12)6(9)3-5(4)8;1-3-6-4-2-5-1;1-2-4-5-3-1/h6-7H,2-5H2,1H3;2-3H,1H3;5H,1-4H2;1-4H2. The number of hydrogen-bond donors (Lipinski definition) is 1. The van der Waals surface area contributed by atoms with Crippen molar-refractivity contribution in [1.29, 1.82) is 0 Å². The number of ether oxygens (including phenoxy) is 3. The molecule has 0 aromatic heterocycles. The Morgan fingerprint density at radius 2 is 1.25 bits per heavy atom. The monoisotopic (exact) mass is 604 g/mol. The molecule has 0 atom stereocenters. The summed E-state index contributed by atoms with van der Waals surface area (Å²) in [6, 6.07) is 5.24. The minimum atomic E-state index is -0.907. The Kier molecular flexibility index (Phi) is 15.1. The highest BCUT2D eigenvalue weighted by Gasteiger charge is 2.22. The molecule has 11 nitrogen and oxygen atoms in total. The number of morpholine rings is 2. The van der Waals surface area contributed by atoms with E-state index in [-0.39, 0.29) is 15.6 Å². The van der Waals surface area contributed by atoms with Crippen molar-refractivity contribution < 1.29 is 28.4 Å². The van der Waals surface area contributed by atoms with Crippen molar-refractivity contribution in [2.75, 3.05) is 70.7 Å². The van der Waals surface area contributed by atoms with Crippen molar-refractivity contribution in [2.24, 2.45) is 0 Å². The second kappa shape index (κ2) is 17.9. The van der Waals surface area contributed by atoms with E-state index in [1.807, 2.05) is 4.90 Å². The number of nitro groups is 2. The van der Waals surface area contributed by atoms with E-state index in [1.165, 1.54) is 18.9 Å². The van der Waals surface area contributed by atoms with Gasteiger partial charge in [0.05, 0.1) is 36.3 Å². The van der Waals surface area contributed by atoms with Crippen LogP contribution in [-0.4, -0.2) is 75.7 Å². The average molecular weight is 605 g/mol. The summed E-state index contributed by atoms with van der Waals surface area (Å²) < 4.78 is 27.9. The van der Waals surface area contributed by atoms with Crippen LogP contribution in [0.4, 0.5) is 21.5 Å². The Morgan fingerprint density at radius 3 is 1.68 bits per heavy atom. The van der Waals surface area contributed by atoms with E-state index >= 15 is 0 Å². The van der Waals surface area contributed by atoms with Crippen LogP contribution < -0.4 is 10.2 Å². The molecule has 222 valence electrons. The quantitative estimate of drug-likeness (QED) is 0.357. The van der Waals surface area contributed by atoms with Crippen LogP contribution in [0.1, 0.15) is 24.0 Å². The summed E-state index contributed by atoms with van der Waals surface area (Å²) in [5.41, 5.74) is 1.35. The number of nitrogens with one attached hydrogen (secondary N) is 1. The van der Waals surface area contributed by atoms with Gasteiger partial charge in [-0.2, -0.15) is 4.39 Å². The summed E-state index contributed by atoms with van der Waals surface area (Å²) in [4.78, 5) is 22.0. The highest BCUT2D eigenvalue weighted by molar-refractivity contribution is 6.32. The average Bonchev–Trinajstić information content (AvgIpc) is 3.54. The SMILES string of the molecule is C1CCOC1.C1COCCN1.Cc1cc([N+](=O)[O-])c(F)cc1Cl.Cc1cc([N+](=O)[O-])c(N2CCOCC2)cc1Cl. The summed E-state index contributed by atoms with van der Waals surface area (Å²) in [6.07, 6.45) is 2.56. The Balaban J connectivity index is 0.000000209. The number of halogens is 3. The molecule has 0 unspecified atom stereocenters. The zero-order chi connectivity index (χ0) is 29.5. The Morgan fingerprint density at radius 1 is 0.775 bits per heavy atom. The molecule has 5 rings (SSSR count). The predicted octanol–water partition coefficient (Wildman–Crippen LogP) is 5.49. The molecule has 0 aliphatic carbocycles. The largest absolute Gasteiger partial charge is 0.381 e. The molecular formula is C26H35Cl2FN4O7. The fraction of sp³-hybridized carbons (Fsp3) is 0.538. The molecule has 0 bridgehead atoms. The van der Waals surface area contributed by atoms with Crippen LogP contribution >= 0.6 is 23.2 Å². The van der Waals surface area contributed by atoms with Gasteiger partial charge < -0.3 is 24.4 Å². The Hall–Kier alpha value is -2.61. The predicted molar refractivity (Wildman–Crippen MR) is 152 cm³/mol. The molecule has 3 aliphatic heterocycles. The number of benzene rings is 2. The number of anilines is 1. The molecule has 0 saturated carbocycles. The number of nitrogens with zero attached hydrogens (tertiary/aromatic N) is 3. The summed E-state index contributed by atoms with van der Waals surface area (Å²) >= 11 is 11.6. The van der Waals surface area contributed by atoms with Gasteiger partial charge in [-0.25, -0.2) is 0 Å². The van der Waals surface area contributed by atoms with E-state index in [9.17, 15) is 24.6 Å². The van der Waals surface area contributed by atoms with Crippen LogP contribution in [0, 0.1) is 39.9 Å². The zero-order valence-electron chi connectivity index (χ0n) is 22.6. The Bertz CT molecular complexity index is 1090. The van der Waals surface area contributed by atoms with Gasteiger partial charge in [-0.05, 0) is 49.9 Å². The highest BCUT2D eigenvalue weighted by atomic mass is 35.5. The molecule has 3 fully saturated rings. The molecule has 3 heterocycles. The molecule has 3 aliphatic rings. The van der Waals surface area contributed by atoms with E-state index in [4.69, 9.17) is 37.4 Å². The van der Waals surface area contributed by atoms with E-state index in [0.717, 1.165) is 57.2 Å². The van der Waals surface area contributed by atoms with E-state index < -0.39 is 16.4 Å². The second-order valence-electron chi connectivity index (χ2n) is 8.94. The fourth-order valence-corrected chi connectivity index (χ4v) is 3.98. The first kappa shape index (κ1) is 33.6. The van der Waals surface area contributed by atoms with Gasteiger partial charge >= 0.3 is 5.69 Å². The molecule has 0 spiro atoms. The Labute approximate surface area is 242 Å². The summed E-state index contributed by atoms with van der Waals surface area (Å²) in [7, 11) is 0. The minimum absolute atomic E-state index is 0.105. The van der Waals surface area contributed by atoms with E-state index in [2.05, 4.69) is 5.32 Å². The molecule has 0 amide bonds. The first-order chi connectivity index (χ1) is 19.1. The lowest BCUT2D eigenvalue weighted by molar-refractivity contribution is -0.387. The van der Waals surface area contributed by atoms with Gasteiger partial charge in [0.25, 0.3) is 5.69 Å². The van der Waals surface area contributed by atoms with Gasteiger partial charge in [-0.1, -0.05) is 23.2 Å². The fourth-order valence-electron chi connectivity index (χ4n) is 3.67. The third-order valence-corrected chi connectivity index (χ3v) is 6.72. The summed E-state index contributed by atoms with van der Waals surface area (Å²) in [5, 5.41) is 25.1. The molecule has 14 heteroatoms. The van der Waals surface area contributed by atoms with Gasteiger partial charge in [-0.15, -0.1) is 0 Å². The lowest BCUT2D eigenvalue weighted by Gasteiger charge is -2.28. The van der Waals surface area contributed by atoms with Crippen molar-refractivity contribution in [1.82, 2.24) is 5.32 Å². The van der Waals surface area contributed by atoms with Crippen molar-refractivity contribution in [3.05, 3.63) is 71.5 Å². The number of nitro benzene ring substituents is 2. The number of hydrogen-bond acceptors (Lipinski definition) is 9. The van der Waals surface area contributed by atoms with Crippen LogP contribution in [-0.2, 0) is 14.2 Å². The third kappa shape index (κ3) is 11.5. The third-order valence-electron chi connectivity index (χ3n) is 5.90. The van der Waals surface area contributed by atoms with Gasteiger partial charge in [-0.3, -0.25) is 20.2 Å². The number of aryl methyl sites for hydroxylation is 2. The van der Waals surface area contributed by atoms with E-state index in [1.54, 1.807) is 19.9 Å². The first-order valence-corrected chi connectivity index (χ1v) is 13.6. The highest BCUT2D eigenvalue weighted by Crippen LogP contribution is 2.34. The second-order valence-corrected chi connectivity index (χ2v) is 9.75. The molecule has 40 heavy (non-hydrogen) atoms. The van der Waals surface area contributed by atoms with E-state index in [0.29, 0.717) is 42.6 Å². The van der Waals surface area contributed by atoms with Gasteiger partial charge in [0, 0.05) is 61.6 Å². The maximum absolute atomic E-state index is 12.8. The van der Waals surface area contributed by atoms with Crippen LogP contribution in [0.15, 0.2) is 24.3 Å². The normalized spacial score (nSPS) is 16.4.